The molecule has 2 aromatic heterocycles. The zero-order valence-corrected chi connectivity index (χ0v) is 9.30. The van der Waals surface area contributed by atoms with E-state index in [9.17, 15) is 4.79 Å². The van der Waals surface area contributed by atoms with Gasteiger partial charge >= 0.3 is 5.63 Å². The molecular formula is C14H8O4. The third kappa shape index (κ3) is 1.54. The molecule has 0 saturated carbocycles. The van der Waals surface area contributed by atoms with E-state index < -0.39 is 5.63 Å². The van der Waals surface area contributed by atoms with Gasteiger partial charge in [-0.05, 0) is 18.2 Å². The number of terminal acetylenes is 1. The highest BCUT2D eigenvalue weighted by Crippen LogP contribution is 2.34. The van der Waals surface area contributed by atoms with Crippen molar-refractivity contribution in [2.75, 3.05) is 6.61 Å². The average Bonchev–Trinajstić information content (AvgIpc) is 2.82. The minimum atomic E-state index is -0.445. The minimum absolute atomic E-state index is 0.0769. The molecule has 0 fully saturated rings. The van der Waals surface area contributed by atoms with Gasteiger partial charge < -0.3 is 13.6 Å². The highest BCUT2D eigenvalue weighted by molar-refractivity contribution is 5.99. The van der Waals surface area contributed by atoms with Gasteiger partial charge in [-0.25, -0.2) is 4.79 Å². The molecule has 2 heterocycles. The first-order valence-corrected chi connectivity index (χ1v) is 5.30. The molecule has 18 heavy (non-hydrogen) atoms. The Kier molecular flexibility index (Phi) is 2.31. The Morgan fingerprint density at radius 2 is 2.06 bits per heavy atom. The molecule has 88 valence electrons. The van der Waals surface area contributed by atoms with E-state index in [-0.39, 0.29) is 6.61 Å². The quantitative estimate of drug-likeness (QED) is 0.510. The van der Waals surface area contributed by atoms with Crippen LogP contribution in [0.5, 0.6) is 5.75 Å². The van der Waals surface area contributed by atoms with Crippen LogP contribution in [-0.2, 0) is 0 Å². The van der Waals surface area contributed by atoms with E-state index in [0.717, 1.165) is 10.8 Å². The van der Waals surface area contributed by atoms with Gasteiger partial charge in [-0.1, -0.05) is 5.92 Å². The summed E-state index contributed by atoms with van der Waals surface area (Å²) in [5, 5.41) is 1.62. The maximum Gasteiger partial charge on any atom is 0.336 e. The largest absolute Gasteiger partial charge is 0.473 e. The van der Waals surface area contributed by atoms with Gasteiger partial charge in [-0.15, -0.1) is 6.42 Å². The minimum Gasteiger partial charge on any atom is -0.473 e. The van der Waals surface area contributed by atoms with Gasteiger partial charge in [0.25, 0.3) is 0 Å². The van der Waals surface area contributed by atoms with E-state index in [1.165, 1.54) is 6.07 Å². The number of rotatable bonds is 2. The fraction of sp³-hybridized carbons (Fsp3) is 0.0714. The van der Waals surface area contributed by atoms with Crippen molar-refractivity contribution in [3.05, 3.63) is 40.9 Å². The summed E-state index contributed by atoms with van der Waals surface area (Å²) in [4.78, 5) is 11.3. The average molecular weight is 240 g/mol. The molecule has 0 aliphatic carbocycles. The SMILES string of the molecule is C#CCOc1c2occc2cc2ccc(=O)oc12. The summed E-state index contributed by atoms with van der Waals surface area (Å²) < 4.78 is 15.9. The fourth-order valence-corrected chi connectivity index (χ4v) is 1.85. The van der Waals surface area contributed by atoms with Crippen LogP contribution in [0.4, 0.5) is 0 Å². The Morgan fingerprint density at radius 1 is 1.22 bits per heavy atom. The third-order valence-corrected chi connectivity index (χ3v) is 2.58. The summed E-state index contributed by atoms with van der Waals surface area (Å²) in [6.07, 6.45) is 6.72. The van der Waals surface area contributed by atoms with Gasteiger partial charge in [-0.3, -0.25) is 0 Å². The molecule has 1 aromatic carbocycles. The molecule has 0 amide bonds. The molecule has 0 atom stereocenters. The topological polar surface area (TPSA) is 52.6 Å². The van der Waals surface area contributed by atoms with Gasteiger partial charge in [0.1, 0.15) is 6.61 Å². The van der Waals surface area contributed by atoms with E-state index in [1.807, 2.05) is 12.1 Å². The highest BCUT2D eigenvalue weighted by Gasteiger charge is 2.14. The Hall–Kier alpha value is -2.67. The molecule has 0 bridgehead atoms. The molecule has 0 N–H and O–H groups in total. The van der Waals surface area contributed by atoms with Crippen LogP contribution in [0.15, 0.2) is 44.2 Å². The predicted octanol–water partition coefficient (Wildman–Crippen LogP) is 2.55. The lowest BCUT2D eigenvalue weighted by molar-refractivity contribution is 0.363. The van der Waals surface area contributed by atoms with Crippen molar-refractivity contribution in [1.82, 2.24) is 0 Å². The number of benzene rings is 1. The first-order valence-electron chi connectivity index (χ1n) is 5.30. The number of ether oxygens (including phenoxy) is 1. The van der Waals surface area contributed by atoms with Gasteiger partial charge in [-0.2, -0.15) is 0 Å². The van der Waals surface area contributed by atoms with Crippen LogP contribution in [0.3, 0.4) is 0 Å². The van der Waals surface area contributed by atoms with E-state index in [1.54, 1.807) is 12.3 Å². The van der Waals surface area contributed by atoms with E-state index in [0.29, 0.717) is 16.9 Å². The van der Waals surface area contributed by atoms with Crippen LogP contribution in [0.2, 0.25) is 0 Å². The Labute approximate surface area is 102 Å². The first kappa shape index (κ1) is 10.5. The van der Waals surface area contributed by atoms with E-state index in [2.05, 4.69) is 5.92 Å². The van der Waals surface area contributed by atoms with Gasteiger partial charge in [0, 0.05) is 16.8 Å². The van der Waals surface area contributed by atoms with Crippen LogP contribution < -0.4 is 10.4 Å². The van der Waals surface area contributed by atoms with Crippen molar-refractivity contribution in [1.29, 1.82) is 0 Å². The van der Waals surface area contributed by atoms with E-state index in [4.69, 9.17) is 20.0 Å². The van der Waals surface area contributed by atoms with Crippen LogP contribution in [0.25, 0.3) is 21.9 Å². The third-order valence-electron chi connectivity index (χ3n) is 2.58. The molecule has 4 nitrogen and oxygen atoms in total. The number of hydrogen-bond donors (Lipinski definition) is 0. The van der Waals surface area contributed by atoms with Gasteiger partial charge in [0.15, 0.2) is 11.2 Å². The predicted molar refractivity (Wildman–Crippen MR) is 66.6 cm³/mol. The maximum atomic E-state index is 11.3. The smallest absolute Gasteiger partial charge is 0.336 e. The highest BCUT2D eigenvalue weighted by atomic mass is 16.5. The number of furan rings is 1. The Balaban J connectivity index is 2.41. The molecular weight excluding hydrogens is 232 g/mol. The van der Waals surface area contributed by atoms with Crippen molar-refractivity contribution in [2.45, 2.75) is 0 Å². The lowest BCUT2D eigenvalue weighted by atomic mass is 10.1. The second-order valence-corrected chi connectivity index (χ2v) is 3.71. The molecule has 3 aromatic rings. The second kappa shape index (κ2) is 3.97. The first-order chi connectivity index (χ1) is 8.79. The molecule has 0 saturated heterocycles. The maximum absolute atomic E-state index is 11.3. The summed E-state index contributed by atoms with van der Waals surface area (Å²) >= 11 is 0. The Morgan fingerprint density at radius 3 is 2.89 bits per heavy atom. The van der Waals surface area contributed by atoms with Crippen LogP contribution in [0.1, 0.15) is 0 Å². The van der Waals surface area contributed by atoms with Crippen molar-refractivity contribution in [3.63, 3.8) is 0 Å². The zero-order valence-electron chi connectivity index (χ0n) is 9.30. The monoisotopic (exact) mass is 240 g/mol. The molecule has 4 heteroatoms. The van der Waals surface area contributed by atoms with Crippen molar-refractivity contribution in [3.8, 4) is 18.1 Å². The fourth-order valence-electron chi connectivity index (χ4n) is 1.85. The summed E-state index contributed by atoms with van der Waals surface area (Å²) in [7, 11) is 0. The lowest BCUT2D eigenvalue weighted by Gasteiger charge is -2.06. The van der Waals surface area contributed by atoms with E-state index >= 15 is 0 Å². The van der Waals surface area contributed by atoms with Gasteiger partial charge in [0.05, 0.1) is 6.26 Å². The summed E-state index contributed by atoms with van der Waals surface area (Å²) in [6, 6.07) is 6.71. The summed E-state index contributed by atoms with van der Waals surface area (Å²) in [5.41, 5.74) is 0.422. The molecule has 0 spiro atoms. The summed E-state index contributed by atoms with van der Waals surface area (Å²) in [5.74, 6) is 2.73. The van der Waals surface area contributed by atoms with Gasteiger partial charge in [0.2, 0.25) is 5.75 Å². The molecule has 0 aliphatic rings. The van der Waals surface area contributed by atoms with Crippen molar-refractivity contribution < 1.29 is 13.6 Å². The lowest BCUT2D eigenvalue weighted by Crippen LogP contribution is -1.99. The van der Waals surface area contributed by atoms with Crippen LogP contribution in [0, 0.1) is 12.3 Å². The molecule has 3 rings (SSSR count). The normalized spacial score (nSPS) is 10.6. The molecule has 0 unspecified atom stereocenters. The number of hydrogen-bond acceptors (Lipinski definition) is 4. The van der Waals surface area contributed by atoms with Crippen LogP contribution in [-0.4, -0.2) is 6.61 Å². The Bertz CT molecular complexity index is 817. The second-order valence-electron chi connectivity index (χ2n) is 3.71. The standard InChI is InChI=1S/C14H8O4/c1-2-6-16-14-12-10(5-7-17-12)8-9-3-4-11(15)18-13(9)14/h1,3-5,7-8H,6H2. The zero-order chi connectivity index (χ0) is 12.5. The number of fused-ring (bicyclic) bond motifs is 2. The van der Waals surface area contributed by atoms with Crippen molar-refractivity contribution in [2.24, 2.45) is 0 Å². The molecule has 0 aliphatic heterocycles. The molecule has 0 radical (unpaired) electrons. The van der Waals surface area contributed by atoms with Crippen LogP contribution >= 0.6 is 0 Å². The summed E-state index contributed by atoms with van der Waals surface area (Å²) in [6.45, 7) is 0.0769. The van der Waals surface area contributed by atoms with Crippen molar-refractivity contribution >= 4 is 21.9 Å².